The molecule has 1 N–H and O–H groups in total. The minimum atomic E-state index is -1.23. The van der Waals surface area contributed by atoms with Crippen molar-refractivity contribution >= 4 is 29.4 Å². The summed E-state index contributed by atoms with van der Waals surface area (Å²) in [6.07, 6.45) is 1.44. The first-order valence-corrected chi connectivity index (χ1v) is 6.23. The van der Waals surface area contributed by atoms with Crippen LogP contribution in [0.3, 0.4) is 0 Å². The van der Waals surface area contributed by atoms with Crippen molar-refractivity contribution in [3.05, 3.63) is 57.8 Å². The van der Waals surface area contributed by atoms with Gasteiger partial charge in [-0.15, -0.1) is 11.3 Å². The highest BCUT2D eigenvalue weighted by atomic mass is 32.1. The smallest absolute Gasteiger partial charge is 0.281 e. The number of carbonyl (C=O) groups excluding carboxylic acids is 2. The molecule has 0 radical (unpaired) electrons. The number of amides is 1. The molecule has 0 saturated carbocycles. The molecule has 0 aliphatic heterocycles. The normalized spacial score (nSPS) is 10.5. The van der Waals surface area contributed by atoms with Gasteiger partial charge in [0.15, 0.2) is 0 Å². The molecule has 6 heteroatoms. The first-order valence-electron chi connectivity index (χ1n) is 5.35. The third-order valence-electron chi connectivity index (χ3n) is 2.27. The lowest BCUT2D eigenvalue weighted by Crippen LogP contribution is -2.22. The van der Waals surface area contributed by atoms with E-state index in [2.05, 4.69) is 10.5 Å². The highest BCUT2D eigenvalue weighted by Gasteiger charge is 2.03. The molecule has 0 aliphatic carbocycles. The van der Waals surface area contributed by atoms with Crippen LogP contribution in [0.1, 0.15) is 25.6 Å². The first-order chi connectivity index (χ1) is 9.16. The molecule has 5 nitrogen and oxygen atoms in total. The molecule has 19 heavy (non-hydrogen) atoms. The number of hydrazone groups is 1. The Morgan fingerprint density at radius 3 is 2.53 bits per heavy atom. The van der Waals surface area contributed by atoms with Crippen molar-refractivity contribution in [1.82, 2.24) is 5.43 Å². The number of hydrogen-bond donors (Lipinski definition) is 1. The van der Waals surface area contributed by atoms with Crippen molar-refractivity contribution in [2.45, 2.75) is 0 Å². The van der Waals surface area contributed by atoms with Crippen molar-refractivity contribution in [1.29, 1.82) is 0 Å². The van der Waals surface area contributed by atoms with E-state index in [4.69, 9.17) is 0 Å². The van der Waals surface area contributed by atoms with Gasteiger partial charge < -0.3 is 9.90 Å². The van der Waals surface area contributed by atoms with E-state index in [1.165, 1.54) is 29.7 Å². The number of benzene rings is 1. The SMILES string of the molecule is O=C([O-])c1ccc(/C=N\NC(=O)c2cccs2)cc1. The summed E-state index contributed by atoms with van der Waals surface area (Å²) in [5.41, 5.74) is 3.16. The molecule has 1 aromatic heterocycles. The van der Waals surface area contributed by atoms with Crippen LogP contribution in [0.15, 0.2) is 46.9 Å². The van der Waals surface area contributed by atoms with Gasteiger partial charge in [0.2, 0.25) is 0 Å². The molecular formula is C13H9N2O3S-. The Morgan fingerprint density at radius 1 is 1.21 bits per heavy atom. The second-order valence-corrected chi connectivity index (χ2v) is 4.53. The highest BCUT2D eigenvalue weighted by molar-refractivity contribution is 7.12. The average Bonchev–Trinajstić information content (AvgIpc) is 2.93. The Morgan fingerprint density at radius 2 is 1.95 bits per heavy atom. The summed E-state index contributed by atoms with van der Waals surface area (Å²) >= 11 is 1.32. The maximum absolute atomic E-state index is 11.5. The van der Waals surface area contributed by atoms with E-state index >= 15 is 0 Å². The van der Waals surface area contributed by atoms with Gasteiger partial charge in [-0.05, 0) is 22.6 Å². The van der Waals surface area contributed by atoms with Crippen molar-refractivity contribution in [2.75, 3.05) is 0 Å². The van der Waals surface area contributed by atoms with Gasteiger partial charge >= 0.3 is 0 Å². The van der Waals surface area contributed by atoms with Crippen LogP contribution in [0.2, 0.25) is 0 Å². The van der Waals surface area contributed by atoms with Gasteiger partial charge in [0, 0.05) is 0 Å². The number of carbonyl (C=O) groups is 2. The van der Waals surface area contributed by atoms with E-state index in [1.807, 2.05) is 0 Å². The maximum atomic E-state index is 11.5. The second-order valence-electron chi connectivity index (χ2n) is 3.59. The molecule has 0 spiro atoms. The van der Waals surface area contributed by atoms with Crippen molar-refractivity contribution in [2.24, 2.45) is 5.10 Å². The van der Waals surface area contributed by atoms with Gasteiger partial charge in [-0.3, -0.25) is 4.79 Å². The van der Waals surface area contributed by atoms with E-state index in [0.29, 0.717) is 10.4 Å². The summed E-state index contributed by atoms with van der Waals surface area (Å²) in [5.74, 6) is -1.51. The zero-order valence-corrected chi connectivity index (χ0v) is 10.5. The maximum Gasteiger partial charge on any atom is 0.281 e. The second kappa shape index (κ2) is 5.92. The molecule has 1 amide bonds. The van der Waals surface area contributed by atoms with E-state index in [-0.39, 0.29) is 11.5 Å². The first kappa shape index (κ1) is 13.0. The molecule has 0 fully saturated rings. The van der Waals surface area contributed by atoms with Gasteiger partial charge in [0.1, 0.15) is 0 Å². The molecule has 0 aliphatic rings. The molecule has 1 aromatic carbocycles. The zero-order valence-electron chi connectivity index (χ0n) is 9.70. The van der Waals surface area contributed by atoms with Crippen LogP contribution in [-0.2, 0) is 0 Å². The number of nitrogens with zero attached hydrogens (tertiary/aromatic N) is 1. The molecular weight excluding hydrogens is 264 g/mol. The minimum absolute atomic E-state index is 0.0970. The minimum Gasteiger partial charge on any atom is -0.545 e. The molecule has 2 aromatic rings. The molecule has 0 bridgehead atoms. The quantitative estimate of drug-likeness (QED) is 0.663. The lowest BCUT2D eigenvalue weighted by molar-refractivity contribution is -0.255. The largest absolute Gasteiger partial charge is 0.545 e. The number of carboxylic acids is 1. The van der Waals surface area contributed by atoms with Crippen LogP contribution in [0.25, 0.3) is 0 Å². The fraction of sp³-hybridized carbons (Fsp3) is 0. The van der Waals surface area contributed by atoms with Crippen molar-refractivity contribution < 1.29 is 14.7 Å². The van der Waals surface area contributed by atoms with Crippen LogP contribution in [0.5, 0.6) is 0 Å². The predicted molar refractivity (Wildman–Crippen MR) is 70.2 cm³/mol. The molecule has 0 saturated heterocycles. The van der Waals surface area contributed by atoms with Gasteiger partial charge in [0.05, 0.1) is 17.1 Å². The lowest BCUT2D eigenvalue weighted by atomic mass is 10.1. The number of thiophene rings is 1. The van der Waals surface area contributed by atoms with Gasteiger partial charge in [-0.25, -0.2) is 5.43 Å². The Hall–Kier alpha value is -2.47. The topological polar surface area (TPSA) is 81.6 Å². The standard InChI is InChI=1S/C13H10N2O3S/c16-12(11-2-1-7-19-11)15-14-8-9-3-5-10(6-4-9)13(17)18/h1-8H,(H,15,16)(H,17,18)/p-1/b14-8-. The van der Waals surface area contributed by atoms with Gasteiger partial charge in [0.25, 0.3) is 5.91 Å². The Balaban J connectivity index is 1.95. The zero-order chi connectivity index (χ0) is 13.7. The fourth-order valence-electron chi connectivity index (χ4n) is 1.33. The number of aromatic carboxylic acids is 1. The molecule has 96 valence electrons. The summed E-state index contributed by atoms with van der Waals surface area (Å²) in [7, 11) is 0. The van der Waals surface area contributed by atoms with Crippen LogP contribution in [-0.4, -0.2) is 18.1 Å². The summed E-state index contributed by atoms with van der Waals surface area (Å²) in [4.78, 5) is 22.7. The monoisotopic (exact) mass is 273 g/mol. The molecule has 2 rings (SSSR count). The average molecular weight is 273 g/mol. The number of hydrogen-bond acceptors (Lipinski definition) is 5. The van der Waals surface area contributed by atoms with E-state index in [1.54, 1.807) is 29.6 Å². The molecule has 1 heterocycles. The van der Waals surface area contributed by atoms with E-state index in [0.717, 1.165) is 0 Å². The van der Waals surface area contributed by atoms with Crippen LogP contribution in [0, 0.1) is 0 Å². The van der Waals surface area contributed by atoms with E-state index < -0.39 is 5.97 Å². The summed E-state index contributed by atoms with van der Waals surface area (Å²) in [6, 6.07) is 9.46. The van der Waals surface area contributed by atoms with Crippen molar-refractivity contribution in [3.63, 3.8) is 0 Å². The third-order valence-corrected chi connectivity index (χ3v) is 3.14. The molecule has 0 unspecified atom stereocenters. The number of rotatable bonds is 4. The Labute approximate surface area is 113 Å². The number of carboxylic acid groups (broad SMARTS) is 1. The Bertz CT molecular complexity index is 603. The van der Waals surface area contributed by atoms with Crippen molar-refractivity contribution in [3.8, 4) is 0 Å². The summed E-state index contributed by atoms with van der Waals surface area (Å²) in [5, 5.41) is 16.1. The van der Waals surface area contributed by atoms with Crippen LogP contribution < -0.4 is 10.5 Å². The number of nitrogens with one attached hydrogen (secondary N) is 1. The Kier molecular flexibility index (Phi) is 4.04. The summed E-state index contributed by atoms with van der Waals surface area (Å²) in [6.45, 7) is 0. The van der Waals surface area contributed by atoms with E-state index in [9.17, 15) is 14.7 Å². The molecule has 0 atom stereocenters. The summed E-state index contributed by atoms with van der Waals surface area (Å²) < 4.78 is 0. The van der Waals surface area contributed by atoms with Gasteiger partial charge in [-0.2, -0.15) is 5.10 Å². The predicted octanol–water partition coefficient (Wildman–Crippen LogP) is 0.875. The fourth-order valence-corrected chi connectivity index (χ4v) is 1.95. The third kappa shape index (κ3) is 3.49. The van der Waals surface area contributed by atoms with Crippen LogP contribution >= 0.6 is 11.3 Å². The van der Waals surface area contributed by atoms with Crippen LogP contribution in [0.4, 0.5) is 0 Å². The lowest BCUT2D eigenvalue weighted by Gasteiger charge is -2.01. The highest BCUT2D eigenvalue weighted by Crippen LogP contribution is 2.07. The van der Waals surface area contributed by atoms with Gasteiger partial charge in [-0.1, -0.05) is 30.3 Å².